The molecule has 2 aliphatic rings. The summed E-state index contributed by atoms with van der Waals surface area (Å²) in [4.78, 5) is 25.6. The van der Waals surface area contributed by atoms with Crippen LogP contribution in [0.4, 0.5) is 10.2 Å². The van der Waals surface area contributed by atoms with Gasteiger partial charge in [-0.25, -0.2) is 14.4 Å². The molecule has 2 aromatic rings. The molecule has 1 fully saturated rings. The number of aromatic nitrogens is 2. The lowest BCUT2D eigenvalue weighted by atomic mass is 10.1. The van der Waals surface area contributed by atoms with Crippen LogP contribution in [-0.2, 0) is 11.2 Å². The van der Waals surface area contributed by atoms with Crippen molar-refractivity contribution in [2.75, 3.05) is 44.2 Å². The van der Waals surface area contributed by atoms with Gasteiger partial charge >= 0.3 is 0 Å². The molecule has 34 heavy (non-hydrogen) atoms. The Morgan fingerprint density at radius 2 is 1.97 bits per heavy atom. The van der Waals surface area contributed by atoms with Crippen LogP contribution in [0.15, 0.2) is 24.5 Å². The molecule has 1 aliphatic carbocycles. The lowest BCUT2D eigenvalue weighted by Gasteiger charge is -2.36. The summed E-state index contributed by atoms with van der Waals surface area (Å²) in [5, 5.41) is 13.7. The third-order valence-electron chi connectivity index (χ3n) is 6.76. The fraction of sp³-hybridized carbons (Fsp3) is 0.560. The largest absolute Gasteiger partial charge is 0.387 e. The van der Waals surface area contributed by atoms with E-state index in [0.29, 0.717) is 25.9 Å². The van der Waals surface area contributed by atoms with E-state index in [9.17, 15) is 14.3 Å². The van der Waals surface area contributed by atoms with Crippen LogP contribution in [0.5, 0.6) is 0 Å². The minimum atomic E-state index is -0.511. The maximum absolute atomic E-state index is 13.5. The molecular formula is C25H33ClFN5O2. The molecule has 2 atom stereocenters. The zero-order valence-corrected chi connectivity index (χ0v) is 20.4. The molecule has 0 bridgehead atoms. The molecule has 1 aromatic carbocycles. The average molecular weight is 490 g/mol. The number of anilines is 1. The Bertz CT molecular complexity index is 999. The smallest absolute Gasteiger partial charge is 0.222 e. The van der Waals surface area contributed by atoms with E-state index < -0.39 is 6.10 Å². The molecule has 0 unspecified atom stereocenters. The number of aliphatic hydroxyl groups excluding tert-OH is 1. The molecule has 9 heteroatoms. The van der Waals surface area contributed by atoms with E-state index in [2.05, 4.69) is 27.1 Å². The molecule has 1 aromatic heterocycles. The number of nitrogens with zero attached hydrogens (tertiary/aromatic N) is 4. The van der Waals surface area contributed by atoms with Gasteiger partial charge < -0.3 is 20.2 Å². The SMILES string of the molecule is C[C@@H]1C[C@@H](O)c2ncnc(N3CCN(C(=O)CCCNCCCc4ccc(Cl)c(F)c4)CC3)c21. The molecule has 0 radical (unpaired) electrons. The van der Waals surface area contributed by atoms with Crippen molar-refractivity contribution in [3.8, 4) is 0 Å². The first-order chi connectivity index (χ1) is 16.4. The van der Waals surface area contributed by atoms with E-state index in [0.717, 1.165) is 68.1 Å². The minimum Gasteiger partial charge on any atom is -0.387 e. The number of piperazine rings is 1. The van der Waals surface area contributed by atoms with Crippen LogP contribution in [0.3, 0.4) is 0 Å². The van der Waals surface area contributed by atoms with Gasteiger partial charge in [-0.3, -0.25) is 4.79 Å². The van der Waals surface area contributed by atoms with Crippen molar-refractivity contribution in [3.63, 3.8) is 0 Å². The van der Waals surface area contributed by atoms with E-state index in [1.165, 1.54) is 12.4 Å². The zero-order chi connectivity index (χ0) is 24.1. The highest BCUT2D eigenvalue weighted by atomic mass is 35.5. The highest BCUT2D eigenvalue weighted by molar-refractivity contribution is 6.30. The number of halogens is 2. The number of nitrogens with one attached hydrogen (secondary N) is 1. The zero-order valence-electron chi connectivity index (χ0n) is 19.6. The van der Waals surface area contributed by atoms with Crippen LogP contribution in [0, 0.1) is 5.82 Å². The molecule has 2 N–H and O–H groups in total. The molecule has 1 amide bonds. The lowest BCUT2D eigenvalue weighted by molar-refractivity contribution is -0.131. The van der Waals surface area contributed by atoms with Crippen LogP contribution in [-0.4, -0.2) is 65.2 Å². The summed E-state index contributed by atoms with van der Waals surface area (Å²) in [6.45, 7) is 6.55. The van der Waals surface area contributed by atoms with Crippen LogP contribution < -0.4 is 10.2 Å². The van der Waals surface area contributed by atoms with Crippen LogP contribution in [0.1, 0.15) is 61.4 Å². The summed E-state index contributed by atoms with van der Waals surface area (Å²) in [5.74, 6) is 0.961. The van der Waals surface area contributed by atoms with Gasteiger partial charge in [-0.2, -0.15) is 0 Å². The number of aliphatic hydroxyl groups is 1. The molecule has 1 saturated heterocycles. The van der Waals surface area contributed by atoms with Crippen molar-refractivity contribution < 1.29 is 14.3 Å². The van der Waals surface area contributed by atoms with Crippen molar-refractivity contribution in [1.29, 1.82) is 0 Å². The second-order valence-electron chi connectivity index (χ2n) is 9.22. The maximum Gasteiger partial charge on any atom is 0.222 e. The Morgan fingerprint density at radius 1 is 1.21 bits per heavy atom. The fourth-order valence-electron chi connectivity index (χ4n) is 4.88. The Balaban J connectivity index is 1.13. The summed E-state index contributed by atoms with van der Waals surface area (Å²) in [6.07, 6.45) is 4.73. The van der Waals surface area contributed by atoms with Crippen molar-refractivity contribution in [1.82, 2.24) is 20.2 Å². The first-order valence-electron chi connectivity index (χ1n) is 12.1. The standard InChI is InChI=1S/C25H33ClFN5O2/c1-17-14-21(33)24-23(17)25(30-16-29-24)32-12-10-31(11-13-32)22(34)5-3-9-28-8-2-4-18-6-7-19(26)20(27)15-18/h6-7,15-17,21,28,33H,2-5,8-14H2,1H3/t17-,21-/m1/s1. The average Bonchev–Trinajstić information content (AvgIpc) is 3.14. The number of rotatable bonds is 9. The molecule has 184 valence electrons. The summed E-state index contributed by atoms with van der Waals surface area (Å²) < 4.78 is 13.5. The van der Waals surface area contributed by atoms with Crippen molar-refractivity contribution in [3.05, 3.63) is 52.2 Å². The third-order valence-corrected chi connectivity index (χ3v) is 7.06. The number of carbonyl (C=O) groups is 1. The van der Waals surface area contributed by atoms with Gasteiger partial charge in [-0.15, -0.1) is 0 Å². The Hall–Kier alpha value is -2.29. The number of hydrogen-bond acceptors (Lipinski definition) is 6. The number of aryl methyl sites for hydroxylation is 1. The Kier molecular flexibility index (Phi) is 8.34. The highest BCUT2D eigenvalue weighted by Crippen LogP contribution is 2.42. The number of fused-ring (bicyclic) bond motifs is 1. The van der Waals surface area contributed by atoms with E-state index in [4.69, 9.17) is 11.6 Å². The van der Waals surface area contributed by atoms with Crippen molar-refractivity contribution in [2.24, 2.45) is 0 Å². The topological polar surface area (TPSA) is 81.6 Å². The minimum absolute atomic E-state index is 0.153. The fourth-order valence-corrected chi connectivity index (χ4v) is 5.00. The Morgan fingerprint density at radius 3 is 2.74 bits per heavy atom. The third kappa shape index (κ3) is 5.85. The number of amides is 1. The van der Waals surface area contributed by atoms with E-state index in [1.54, 1.807) is 6.07 Å². The quantitative estimate of drug-likeness (QED) is 0.525. The molecule has 1 aliphatic heterocycles. The van der Waals surface area contributed by atoms with Crippen LogP contribution in [0.25, 0.3) is 0 Å². The van der Waals surface area contributed by atoms with E-state index >= 15 is 0 Å². The van der Waals surface area contributed by atoms with Gasteiger partial charge in [-0.1, -0.05) is 24.6 Å². The monoisotopic (exact) mass is 489 g/mol. The van der Waals surface area contributed by atoms with Gasteiger partial charge in [0.25, 0.3) is 0 Å². The predicted octanol–water partition coefficient (Wildman–Crippen LogP) is 3.46. The number of benzene rings is 1. The van der Waals surface area contributed by atoms with Gasteiger partial charge in [-0.05, 0) is 62.4 Å². The van der Waals surface area contributed by atoms with Crippen molar-refractivity contribution in [2.45, 2.75) is 51.0 Å². The summed E-state index contributed by atoms with van der Waals surface area (Å²) in [6, 6.07) is 4.94. The molecule has 0 spiro atoms. The molecular weight excluding hydrogens is 457 g/mol. The summed E-state index contributed by atoms with van der Waals surface area (Å²) >= 11 is 5.71. The second-order valence-corrected chi connectivity index (χ2v) is 9.63. The molecule has 2 heterocycles. The van der Waals surface area contributed by atoms with Gasteiger partial charge in [0.05, 0.1) is 16.8 Å². The summed E-state index contributed by atoms with van der Waals surface area (Å²) in [5.41, 5.74) is 2.75. The molecule has 7 nitrogen and oxygen atoms in total. The van der Waals surface area contributed by atoms with E-state index in [-0.39, 0.29) is 22.7 Å². The first kappa shape index (κ1) is 24.8. The Labute approximate surface area is 205 Å². The maximum atomic E-state index is 13.5. The first-order valence-corrected chi connectivity index (χ1v) is 12.5. The summed E-state index contributed by atoms with van der Waals surface area (Å²) in [7, 11) is 0. The second kappa shape index (κ2) is 11.4. The normalized spacial score (nSPS) is 20.0. The number of hydrogen-bond donors (Lipinski definition) is 2. The molecule has 0 saturated carbocycles. The van der Waals surface area contributed by atoms with Gasteiger partial charge in [0.15, 0.2) is 0 Å². The van der Waals surface area contributed by atoms with Crippen LogP contribution >= 0.6 is 11.6 Å². The predicted molar refractivity (Wildman–Crippen MR) is 131 cm³/mol. The number of carbonyl (C=O) groups excluding carboxylic acids is 1. The van der Waals surface area contributed by atoms with Gasteiger partial charge in [0.2, 0.25) is 5.91 Å². The van der Waals surface area contributed by atoms with Crippen molar-refractivity contribution >= 4 is 23.3 Å². The van der Waals surface area contributed by atoms with E-state index in [1.807, 2.05) is 11.0 Å². The van der Waals surface area contributed by atoms with Gasteiger partial charge in [0, 0.05) is 38.2 Å². The lowest BCUT2D eigenvalue weighted by Crippen LogP contribution is -2.49. The molecule has 4 rings (SSSR count). The van der Waals surface area contributed by atoms with Gasteiger partial charge in [0.1, 0.15) is 18.0 Å². The highest BCUT2D eigenvalue weighted by Gasteiger charge is 2.33. The van der Waals surface area contributed by atoms with Crippen LogP contribution in [0.2, 0.25) is 5.02 Å².